The number of carbonyl (C=O) groups excluding carboxylic acids is 1. The van der Waals surface area contributed by atoms with Gasteiger partial charge in [0.15, 0.2) is 0 Å². The summed E-state index contributed by atoms with van der Waals surface area (Å²) in [5, 5.41) is 19.6. The molecule has 0 aromatic carbocycles. The average Bonchev–Trinajstić information content (AvgIpc) is 3.26. The van der Waals surface area contributed by atoms with Crippen LogP contribution < -0.4 is 0 Å². The van der Waals surface area contributed by atoms with Crippen molar-refractivity contribution in [3.05, 3.63) is 12.2 Å². The van der Waals surface area contributed by atoms with Crippen molar-refractivity contribution in [3.63, 3.8) is 0 Å². The van der Waals surface area contributed by atoms with Crippen LogP contribution in [0.1, 0.15) is 119 Å². The SMILES string of the molecule is C=C(C)C1CC[C@]2(C(=O)O)CC[C@]3(C)[C@H](CC[C@@H]4[C@@]5(C)CC[C@H](OC(=O)CCC(=O)O)C(C)(C)[C@@H]5CC[C@]43C)[C@@H]12. The van der Waals surface area contributed by atoms with Crippen LogP contribution in [0, 0.1) is 56.7 Å². The van der Waals surface area contributed by atoms with Crippen LogP contribution in [0.25, 0.3) is 0 Å². The molecule has 0 heterocycles. The van der Waals surface area contributed by atoms with Gasteiger partial charge in [-0.1, -0.05) is 46.8 Å². The van der Waals surface area contributed by atoms with Gasteiger partial charge in [0.05, 0.1) is 18.3 Å². The third-order valence-corrected chi connectivity index (χ3v) is 14.2. The first-order valence-electron chi connectivity index (χ1n) is 15.8. The third-order valence-electron chi connectivity index (χ3n) is 14.2. The lowest BCUT2D eigenvalue weighted by molar-refractivity contribution is -0.250. The Labute approximate surface area is 240 Å². The van der Waals surface area contributed by atoms with E-state index in [4.69, 9.17) is 9.84 Å². The summed E-state index contributed by atoms with van der Waals surface area (Å²) < 4.78 is 5.97. The highest BCUT2D eigenvalue weighted by Crippen LogP contribution is 2.77. The minimum Gasteiger partial charge on any atom is -0.481 e. The fourth-order valence-electron chi connectivity index (χ4n) is 12.1. The zero-order chi connectivity index (χ0) is 29.5. The number of carboxylic acids is 2. The minimum atomic E-state index is -0.974. The summed E-state index contributed by atoms with van der Waals surface area (Å²) >= 11 is 0. The van der Waals surface area contributed by atoms with Crippen LogP contribution in [0.5, 0.6) is 0 Å². The van der Waals surface area contributed by atoms with Gasteiger partial charge in [-0.25, -0.2) is 0 Å². The molecule has 6 nitrogen and oxygen atoms in total. The number of carboxylic acid groups (broad SMARTS) is 2. The van der Waals surface area contributed by atoms with Crippen LogP contribution in [0.2, 0.25) is 0 Å². The number of carbonyl (C=O) groups is 3. The van der Waals surface area contributed by atoms with Gasteiger partial charge < -0.3 is 14.9 Å². The summed E-state index contributed by atoms with van der Waals surface area (Å²) in [7, 11) is 0. The summed E-state index contributed by atoms with van der Waals surface area (Å²) in [4.78, 5) is 36.4. The quantitative estimate of drug-likeness (QED) is 0.259. The van der Waals surface area contributed by atoms with Gasteiger partial charge in [0.1, 0.15) is 6.10 Å². The number of esters is 1. The summed E-state index contributed by atoms with van der Waals surface area (Å²) in [6.07, 6.45) is 9.33. The molecule has 0 bridgehead atoms. The molecule has 5 aliphatic rings. The Balaban J connectivity index is 1.43. The van der Waals surface area contributed by atoms with Crippen LogP contribution in [0.15, 0.2) is 12.2 Å². The molecule has 10 atom stereocenters. The number of ether oxygens (including phenoxy) is 1. The molecule has 5 aliphatic carbocycles. The number of aliphatic carboxylic acids is 2. The number of fused-ring (bicyclic) bond motifs is 7. The van der Waals surface area contributed by atoms with Gasteiger partial charge in [-0.15, -0.1) is 0 Å². The zero-order valence-corrected chi connectivity index (χ0v) is 25.7. The third kappa shape index (κ3) is 3.96. The van der Waals surface area contributed by atoms with Gasteiger partial charge in [-0.05, 0) is 117 Å². The molecule has 0 saturated heterocycles. The van der Waals surface area contributed by atoms with Crippen molar-refractivity contribution in [2.75, 3.05) is 0 Å². The summed E-state index contributed by atoms with van der Waals surface area (Å²) in [6, 6.07) is 0. The molecule has 224 valence electrons. The maximum Gasteiger partial charge on any atom is 0.309 e. The molecule has 5 fully saturated rings. The standard InChI is InChI=1S/C34H52O6/c1-20(2)21-12-17-34(29(38)39)19-18-32(6)22(28(21)34)8-9-24-31(5)15-14-25(40-27(37)11-10-26(35)36)30(3,4)23(31)13-16-33(24,32)7/h21-25,28H,1,8-19H2,2-7H3,(H,35,36)(H,38,39)/t21?,22-,23+,24-,25+,28-,31+,32-,33-,34+/m1/s1. The second-order valence-electron chi connectivity index (χ2n) is 15.9. The molecule has 0 amide bonds. The molecule has 0 aliphatic heterocycles. The number of allylic oxidation sites excluding steroid dienone is 1. The van der Waals surface area contributed by atoms with Crippen molar-refractivity contribution in [2.45, 2.75) is 125 Å². The van der Waals surface area contributed by atoms with E-state index in [0.717, 1.165) is 64.2 Å². The Morgan fingerprint density at radius 1 is 0.800 bits per heavy atom. The van der Waals surface area contributed by atoms with E-state index in [0.29, 0.717) is 23.7 Å². The monoisotopic (exact) mass is 556 g/mol. The van der Waals surface area contributed by atoms with Gasteiger partial charge >= 0.3 is 17.9 Å². The van der Waals surface area contributed by atoms with Crippen molar-refractivity contribution in [3.8, 4) is 0 Å². The first-order valence-corrected chi connectivity index (χ1v) is 15.8. The number of hydrogen-bond acceptors (Lipinski definition) is 4. The van der Waals surface area contributed by atoms with E-state index in [-0.39, 0.29) is 46.5 Å². The molecule has 40 heavy (non-hydrogen) atoms. The molecular weight excluding hydrogens is 504 g/mol. The predicted octanol–water partition coefficient (Wildman–Crippen LogP) is 7.51. The van der Waals surface area contributed by atoms with Gasteiger partial charge in [-0.2, -0.15) is 0 Å². The van der Waals surface area contributed by atoms with Gasteiger partial charge in [0, 0.05) is 5.41 Å². The lowest BCUT2D eigenvalue weighted by Crippen LogP contribution is -2.67. The van der Waals surface area contributed by atoms with Crippen LogP contribution in [-0.4, -0.2) is 34.2 Å². The maximum absolute atomic E-state index is 12.9. The van der Waals surface area contributed by atoms with E-state index in [1.165, 1.54) is 5.57 Å². The van der Waals surface area contributed by atoms with Gasteiger partial charge in [0.25, 0.3) is 0 Å². The largest absolute Gasteiger partial charge is 0.481 e. The van der Waals surface area contributed by atoms with Crippen LogP contribution >= 0.6 is 0 Å². The molecule has 2 N–H and O–H groups in total. The lowest BCUT2D eigenvalue weighted by atomic mass is 9.32. The first-order chi connectivity index (χ1) is 18.5. The van der Waals surface area contributed by atoms with E-state index in [1.54, 1.807) is 0 Å². The molecule has 0 aromatic heterocycles. The minimum absolute atomic E-state index is 0.0749. The lowest BCUT2D eigenvalue weighted by Gasteiger charge is -2.72. The second kappa shape index (κ2) is 9.59. The highest BCUT2D eigenvalue weighted by atomic mass is 16.5. The fraction of sp³-hybridized carbons (Fsp3) is 0.853. The van der Waals surface area contributed by atoms with Crippen LogP contribution in [0.3, 0.4) is 0 Å². The number of rotatable bonds is 6. The van der Waals surface area contributed by atoms with Crippen molar-refractivity contribution >= 4 is 17.9 Å². The summed E-state index contributed by atoms with van der Waals surface area (Å²) in [6.45, 7) is 18.6. The zero-order valence-electron chi connectivity index (χ0n) is 25.7. The highest BCUT2D eigenvalue weighted by molar-refractivity contribution is 5.77. The van der Waals surface area contributed by atoms with E-state index in [9.17, 15) is 19.5 Å². The van der Waals surface area contributed by atoms with Gasteiger partial charge in [-0.3, -0.25) is 14.4 Å². The highest BCUT2D eigenvalue weighted by Gasteiger charge is 2.72. The fourth-order valence-corrected chi connectivity index (χ4v) is 12.1. The summed E-state index contributed by atoms with van der Waals surface area (Å²) in [5.74, 6) is -0.0961. The Bertz CT molecular complexity index is 1090. The Kier molecular flexibility index (Phi) is 7.11. The van der Waals surface area contributed by atoms with Crippen molar-refractivity contribution in [1.82, 2.24) is 0 Å². The molecule has 5 saturated carbocycles. The molecule has 0 spiro atoms. The maximum atomic E-state index is 12.9. The Hall–Kier alpha value is -1.85. The first kappa shape index (κ1) is 29.6. The van der Waals surface area contributed by atoms with Crippen molar-refractivity contribution in [2.24, 2.45) is 56.7 Å². The molecule has 0 radical (unpaired) electrons. The molecule has 6 heteroatoms. The van der Waals surface area contributed by atoms with E-state index in [2.05, 4.69) is 48.1 Å². The van der Waals surface area contributed by atoms with E-state index < -0.39 is 23.3 Å². The van der Waals surface area contributed by atoms with Gasteiger partial charge in [0.2, 0.25) is 0 Å². The molecule has 0 aromatic rings. The van der Waals surface area contributed by atoms with Crippen molar-refractivity contribution < 1.29 is 29.3 Å². The van der Waals surface area contributed by atoms with E-state index in [1.807, 2.05) is 0 Å². The predicted molar refractivity (Wildman–Crippen MR) is 153 cm³/mol. The summed E-state index contributed by atoms with van der Waals surface area (Å²) in [5.41, 5.74) is 0.734. The topological polar surface area (TPSA) is 101 Å². The smallest absolute Gasteiger partial charge is 0.309 e. The van der Waals surface area contributed by atoms with Crippen LogP contribution in [0.4, 0.5) is 0 Å². The number of hydrogen-bond donors (Lipinski definition) is 2. The van der Waals surface area contributed by atoms with Crippen LogP contribution in [-0.2, 0) is 19.1 Å². The van der Waals surface area contributed by atoms with E-state index >= 15 is 0 Å². The second-order valence-corrected chi connectivity index (χ2v) is 15.9. The molecule has 5 rings (SSSR count). The average molecular weight is 557 g/mol. The van der Waals surface area contributed by atoms with Crippen molar-refractivity contribution in [1.29, 1.82) is 0 Å². The Morgan fingerprint density at radius 2 is 1.50 bits per heavy atom. The normalized spacial score (nSPS) is 47.1. The molecular formula is C34H52O6. The Morgan fingerprint density at radius 3 is 2.12 bits per heavy atom. The molecule has 1 unspecified atom stereocenters.